The quantitative estimate of drug-likeness (QED) is 0.387. The fourth-order valence-corrected chi connectivity index (χ4v) is 2.26. The number of nitrogens with one attached hydrogen (secondary N) is 1. The maximum Gasteiger partial charge on any atom is 0.214 e. The highest BCUT2D eigenvalue weighted by atomic mass is 32.1. The van der Waals surface area contributed by atoms with Crippen molar-refractivity contribution in [3.8, 4) is 0 Å². The van der Waals surface area contributed by atoms with Crippen LogP contribution in [0.25, 0.3) is 0 Å². The molecule has 18 heavy (non-hydrogen) atoms. The van der Waals surface area contributed by atoms with Crippen molar-refractivity contribution >= 4 is 12.2 Å². The molecule has 0 spiro atoms. The molecule has 0 aliphatic heterocycles. The lowest BCUT2D eigenvalue weighted by Crippen LogP contribution is -2.12. The molecule has 104 valence electrons. The first-order valence-corrected chi connectivity index (χ1v) is 7.58. The van der Waals surface area contributed by atoms with Gasteiger partial charge in [-0.3, -0.25) is 5.10 Å². The summed E-state index contributed by atoms with van der Waals surface area (Å²) in [5.74, 6) is 6.59. The second kappa shape index (κ2) is 9.14. The monoisotopic (exact) mass is 270 g/mol. The molecule has 0 amide bonds. The van der Waals surface area contributed by atoms with Crippen molar-refractivity contribution in [2.45, 2.75) is 71.1 Å². The second-order valence-corrected chi connectivity index (χ2v) is 5.28. The lowest BCUT2D eigenvalue weighted by molar-refractivity contribution is 0.560. The Morgan fingerprint density at radius 3 is 2.11 bits per heavy atom. The van der Waals surface area contributed by atoms with Crippen LogP contribution in [0, 0.1) is 4.77 Å². The van der Waals surface area contributed by atoms with E-state index in [2.05, 4.69) is 17.1 Å². The van der Waals surface area contributed by atoms with E-state index in [-0.39, 0.29) is 0 Å². The van der Waals surface area contributed by atoms with Crippen LogP contribution in [-0.2, 0) is 6.42 Å². The third-order valence-corrected chi connectivity index (χ3v) is 3.57. The Morgan fingerprint density at radius 2 is 1.61 bits per heavy atom. The van der Waals surface area contributed by atoms with Crippen molar-refractivity contribution < 1.29 is 0 Å². The fraction of sp³-hybridized carbons (Fsp3) is 0.846. The number of H-pyrrole nitrogens is 1. The van der Waals surface area contributed by atoms with Crippen LogP contribution in [0.15, 0.2) is 0 Å². The molecule has 0 aliphatic rings. The van der Waals surface area contributed by atoms with Crippen LogP contribution in [-0.4, -0.2) is 14.9 Å². The van der Waals surface area contributed by atoms with Gasteiger partial charge in [0.1, 0.15) is 0 Å². The van der Waals surface area contributed by atoms with Crippen molar-refractivity contribution in [1.82, 2.24) is 14.9 Å². The molecule has 3 N–H and O–H groups in total. The van der Waals surface area contributed by atoms with Gasteiger partial charge in [-0.1, -0.05) is 58.3 Å². The van der Waals surface area contributed by atoms with E-state index in [4.69, 9.17) is 18.1 Å². The van der Waals surface area contributed by atoms with Gasteiger partial charge in [-0.2, -0.15) is 5.10 Å². The molecule has 0 saturated heterocycles. The zero-order valence-corrected chi connectivity index (χ0v) is 12.3. The van der Waals surface area contributed by atoms with Gasteiger partial charge in [-0.05, 0) is 18.6 Å². The van der Waals surface area contributed by atoms with Crippen LogP contribution < -0.4 is 5.84 Å². The lowest BCUT2D eigenvalue weighted by atomic mass is 10.1. The van der Waals surface area contributed by atoms with Gasteiger partial charge in [0.2, 0.25) is 4.77 Å². The minimum Gasteiger partial charge on any atom is -0.335 e. The Labute approximate surface area is 115 Å². The summed E-state index contributed by atoms with van der Waals surface area (Å²) in [6, 6.07) is 0. The number of nitrogen functional groups attached to an aromatic ring is 1. The average molecular weight is 270 g/mol. The van der Waals surface area contributed by atoms with Gasteiger partial charge in [0.05, 0.1) is 0 Å². The lowest BCUT2D eigenvalue weighted by Gasteiger charge is -2.02. The smallest absolute Gasteiger partial charge is 0.214 e. The Bertz CT molecular complexity index is 369. The number of nitrogens with two attached hydrogens (primary N) is 1. The van der Waals surface area contributed by atoms with Crippen LogP contribution in [0.4, 0.5) is 0 Å². The highest BCUT2D eigenvalue weighted by molar-refractivity contribution is 7.71. The molecule has 1 rings (SSSR count). The standard InChI is InChI=1S/C13H26N4S/c1-2-3-4-5-6-7-8-9-10-11-12-15-16-13(18)17(12)14/h2-11,14H2,1H3,(H,16,18). The molecule has 0 unspecified atom stereocenters. The summed E-state index contributed by atoms with van der Waals surface area (Å²) in [7, 11) is 0. The number of hydrogen-bond donors (Lipinski definition) is 2. The van der Waals surface area contributed by atoms with Crippen molar-refractivity contribution in [2.75, 3.05) is 5.84 Å². The molecule has 0 saturated carbocycles. The highest BCUT2D eigenvalue weighted by Gasteiger charge is 2.01. The Hall–Kier alpha value is -0.840. The maximum atomic E-state index is 5.73. The fourth-order valence-electron chi connectivity index (χ4n) is 2.11. The summed E-state index contributed by atoms with van der Waals surface area (Å²) in [5.41, 5.74) is 0. The topological polar surface area (TPSA) is 59.6 Å². The largest absolute Gasteiger partial charge is 0.335 e. The van der Waals surface area contributed by atoms with Crippen molar-refractivity contribution in [2.24, 2.45) is 0 Å². The van der Waals surface area contributed by atoms with Crippen LogP contribution in [0.5, 0.6) is 0 Å². The van der Waals surface area contributed by atoms with E-state index in [1.54, 1.807) is 0 Å². The Morgan fingerprint density at radius 1 is 1.06 bits per heavy atom. The molecule has 0 atom stereocenters. The Kier molecular flexibility index (Phi) is 7.73. The molecule has 1 heterocycles. The van der Waals surface area contributed by atoms with E-state index in [0.717, 1.165) is 18.7 Å². The summed E-state index contributed by atoms with van der Waals surface area (Å²) in [5, 5.41) is 6.81. The molecule has 0 fully saturated rings. The zero-order valence-electron chi connectivity index (χ0n) is 11.5. The zero-order chi connectivity index (χ0) is 13.2. The molecular weight excluding hydrogens is 244 g/mol. The maximum absolute atomic E-state index is 5.73. The third-order valence-electron chi connectivity index (χ3n) is 3.28. The predicted molar refractivity (Wildman–Crippen MR) is 78.5 cm³/mol. The molecule has 5 heteroatoms. The number of hydrogen-bond acceptors (Lipinski definition) is 3. The van der Waals surface area contributed by atoms with Gasteiger partial charge in [0, 0.05) is 6.42 Å². The SMILES string of the molecule is CCCCCCCCCCCc1n[nH]c(=S)n1N. The summed E-state index contributed by atoms with van der Waals surface area (Å²) < 4.78 is 1.97. The van der Waals surface area contributed by atoms with E-state index < -0.39 is 0 Å². The van der Waals surface area contributed by atoms with Gasteiger partial charge >= 0.3 is 0 Å². The number of nitrogens with zero attached hydrogens (tertiary/aromatic N) is 2. The molecule has 4 nitrogen and oxygen atoms in total. The minimum absolute atomic E-state index is 0.501. The minimum atomic E-state index is 0.501. The number of unbranched alkanes of at least 4 members (excludes halogenated alkanes) is 8. The van der Waals surface area contributed by atoms with E-state index >= 15 is 0 Å². The molecule has 1 aromatic rings. The van der Waals surface area contributed by atoms with Crippen LogP contribution in [0.3, 0.4) is 0 Å². The predicted octanol–water partition coefficient (Wildman–Crippen LogP) is 3.73. The number of aromatic nitrogens is 3. The van der Waals surface area contributed by atoms with Gasteiger partial charge in [0.25, 0.3) is 0 Å². The highest BCUT2D eigenvalue weighted by Crippen LogP contribution is 2.10. The Balaban J connectivity index is 1.96. The average Bonchev–Trinajstić information content (AvgIpc) is 2.68. The number of aromatic amines is 1. The number of rotatable bonds is 10. The molecule has 0 bridgehead atoms. The van der Waals surface area contributed by atoms with E-state index in [9.17, 15) is 0 Å². The molecule has 0 radical (unpaired) electrons. The first-order chi connectivity index (χ1) is 8.75. The van der Waals surface area contributed by atoms with Crippen LogP contribution in [0.1, 0.15) is 70.5 Å². The summed E-state index contributed by atoms with van der Waals surface area (Å²) in [4.78, 5) is 0. The first kappa shape index (κ1) is 15.2. The van der Waals surface area contributed by atoms with E-state index in [0.29, 0.717) is 4.77 Å². The van der Waals surface area contributed by atoms with E-state index in [1.165, 1.54) is 56.0 Å². The second-order valence-electron chi connectivity index (χ2n) is 4.89. The molecule has 0 aromatic carbocycles. The van der Waals surface area contributed by atoms with Gasteiger partial charge in [0.15, 0.2) is 5.82 Å². The molecular formula is C13H26N4S. The van der Waals surface area contributed by atoms with Crippen molar-refractivity contribution in [3.63, 3.8) is 0 Å². The number of aryl methyl sites for hydroxylation is 1. The van der Waals surface area contributed by atoms with Crippen LogP contribution >= 0.6 is 12.2 Å². The van der Waals surface area contributed by atoms with Crippen molar-refractivity contribution in [1.29, 1.82) is 0 Å². The van der Waals surface area contributed by atoms with Crippen molar-refractivity contribution in [3.05, 3.63) is 10.6 Å². The summed E-state index contributed by atoms with van der Waals surface area (Å²) >= 11 is 4.96. The summed E-state index contributed by atoms with van der Waals surface area (Å²) in [6.45, 7) is 2.26. The normalized spacial score (nSPS) is 10.9. The van der Waals surface area contributed by atoms with Gasteiger partial charge in [-0.25, -0.2) is 4.68 Å². The van der Waals surface area contributed by atoms with Gasteiger partial charge < -0.3 is 5.84 Å². The van der Waals surface area contributed by atoms with Crippen LogP contribution in [0.2, 0.25) is 0 Å². The van der Waals surface area contributed by atoms with Gasteiger partial charge in [-0.15, -0.1) is 0 Å². The third kappa shape index (κ3) is 5.67. The first-order valence-electron chi connectivity index (χ1n) is 7.17. The molecule has 0 aliphatic carbocycles. The summed E-state index contributed by atoms with van der Waals surface area (Å²) in [6.07, 6.45) is 12.9. The van der Waals surface area contributed by atoms with E-state index in [1.807, 2.05) is 0 Å². The molecule has 1 aromatic heterocycles.